The summed E-state index contributed by atoms with van der Waals surface area (Å²) in [6.45, 7) is 3.74. The molecule has 1 aliphatic heterocycles. The van der Waals surface area contributed by atoms with E-state index in [1.165, 1.54) is 0 Å². The second kappa shape index (κ2) is 5.35. The van der Waals surface area contributed by atoms with Gasteiger partial charge in [-0.2, -0.15) is 0 Å². The molecule has 1 heterocycles. The quantitative estimate of drug-likeness (QED) is 0.806. The highest BCUT2D eigenvalue weighted by atomic mass is 79.9. The molecule has 2 atom stereocenters. The molecule has 2 unspecified atom stereocenters. The van der Waals surface area contributed by atoms with Crippen molar-refractivity contribution in [2.45, 2.75) is 32.5 Å². The maximum Gasteiger partial charge on any atom is 0.127 e. The maximum absolute atomic E-state index is 10.3. The van der Waals surface area contributed by atoms with E-state index in [9.17, 15) is 10.2 Å². The molecule has 0 spiro atoms. The Labute approximate surface area is 132 Å². The van der Waals surface area contributed by atoms with E-state index in [-0.39, 0.29) is 6.10 Å². The van der Waals surface area contributed by atoms with Crippen LogP contribution in [-0.2, 0) is 0 Å². The Bertz CT molecular complexity index is 673. The van der Waals surface area contributed by atoms with Gasteiger partial charge in [-0.25, -0.2) is 0 Å². The first kappa shape index (κ1) is 14.4. The number of aromatic hydroxyl groups is 1. The molecule has 0 fully saturated rings. The summed E-state index contributed by atoms with van der Waals surface area (Å²) in [5.74, 6) is 1.02. The molecule has 2 N–H and O–H groups in total. The Morgan fingerprint density at radius 2 is 1.81 bits per heavy atom. The van der Waals surface area contributed by atoms with Crippen molar-refractivity contribution in [1.29, 1.82) is 0 Å². The minimum absolute atomic E-state index is 0.209. The van der Waals surface area contributed by atoms with Gasteiger partial charge in [0.25, 0.3) is 0 Å². The first-order valence-corrected chi connectivity index (χ1v) is 7.69. The smallest absolute Gasteiger partial charge is 0.127 e. The number of ether oxygens (including phenoxy) is 1. The molecule has 0 radical (unpaired) electrons. The van der Waals surface area contributed by atoms with Crippen LogP contribution in [0.1, 0.15) is 40.9 Å². The van der Waals surface area contributed by atoms with Crippen molar-refractivity contribution in [2.75, 3.05) is 0 Å². The average Bonchev–Trinajstić information content (AvgIpc) is 2.43. The van der Waals surface area contributed by atoms with Gasteiger partial charge in [0.1, 0.15) is 17.6 Å². The third-order valence-electron chi connectivity index (χ3n) is 3.93. The number of aliphatic hydroxyl groups excluding tert-OH is 1. The molecule has 0 saturated carbocycles. The van der Waals surface area contributed by atoms with Gasteiger partial charge in [0, 0.05) is 16.5 Å². The van der Waals surface area contributed by atoms with Crippen LogP contribution in [0.25, 0.3) is 0 Å². The number of fused-ring (bicyclic) bond motifs is 1. The molecule has 0 aliphatic carbocycles. The molecular weight excluding hydrogens is 332 g/mol. The normalized spacial score (nSPS) is 20.8. The van der Waals surface area contributed by atoms with E-state index in [4.69, 9.17) is 4.74 Å². The Morgan fingerprint density at radius 1 is 1.14 bits per heavy atom. The van der Waals surface area contributed by atoms with Crippen LogP contribution in [0.4, 0.5) is 0 Å². The number of hydrogen-bond donors (Lipinski definition) is 2. The molecule has 1 aliphatic rings. The predicted octanol–water partition coefficient (Wildman–Crippen LogP) is 4.33. The molecule has 21 heavy (non-hydrogen) atoms. The van der Waals surface area contributed by atoms with Crippen LogP contribution in [0.15, 0.2) is 34.8 Å². The molecule has 2 aromatic carbocycles. The second-order valence-electron chi connectivity index (χ2n) is 5.54. The van der Waals surface area contributed by atoms with Crippen molar-refractivity contribution in [2.24, 2.45) is 0 Å². The summed E-state index contributed by atoms with van der Waals surface area (Å²) >= 11 is 3.42. The van der Waals surface area contributed by atoms with E-state index in [1.807, 2.05) is 44.2 Å². The molecule has 2 aromatic rings. The molecular formula is C17H17BrO3. The number of phenolic OH excluding ortho intramolecular Hbond substituents is 1. The first-order chi connectivity index (χ1) is 9.95. The number of hydrogen-bond acceptors (Lipinski definition) is 3. The van der Waals surface area contributed by atoms with E-state index in [0.717, 1.165) is 26.7 Å². The molecule has 3 rings (SSSR count). The summed E-state index contributed by atoms with van der Waals surface area (Å²) in [7, 11) is 0. The van der Waals surface area contributed by atoms with Crippen molar-refractivity contribution in [3.05, 3.63) is 57.1 Å². The lowest BCUT2D eigenvalue weighted by Crippen LogP contribution is -2.19. The lowest BCUT2D eigenvalue weighted by molar-refractivity contribution is 0.0656. The van der Waals surface area contributed by atoms with Crippen LogP contribution >= 0.6 is 15.9 Å². The number of aryl methyl sites for hydroxylation is 2. The van der Waals surface area contributed by atoms with E-state index in [2.05, 4.69) is 15.9 Å². The lowest BCUT2D eigenvalue weighted by atomic mass is 9.93. The zero-order valence-electron chi connectivity index (χ0n) is 11.9. The van der Waals surface area contributed by atoms with E-state index in [1.54, 1.807) is 0 Å². The summed E-state index contributed by atoms with van der Waals surface area (Å²) in [6, 6.07) is 9.50. The zero-order valence-corrected chi connectivity index (χ0v) is 13.5. The molecule has 0 saturated heterocycles. The van der Waals surface area contributed by atoms with Crippen molar-refractivity contribution >= 4 is 15.9 Å². The van der Waals surface area contributed by atoms with Gasteiger partial charge < -0.3 is 14.9 Å². The highest BCUT2D eigenvalue weighted by Crippen LogP contribution is 2.42. The van der Waals surface area contributed by atoms with Gasteiger partial charge >= 0.3 is 0 Å². The van der Waals surface area contributed by atoms with E-state index in [0.29, 0.717) is 17.9 Å². The molecule has 110 valence electrons. The van der Waals surface area contributed by atoms with Gasteiger partial charge in [0.15, 0.2) is 0 Å². The van der Waals surface area contributed by atoms with Crippen LogP contribution in [-0.4, -0.2) is 10.2 Å². The molecule has 4 heteroatoms. The highest BCUT2D eigenvalue weighted by Gasteiger charge is 2.28. The Morgan fingerprint density at radius 3 is 2.48 bits per heavy atom. The lowest BCUT2D eigenvalue weighted by Gasteiger charge is -2.30. The third-order valence-corrected chi connectivity index (χ3v) is 4.42. The first-order valence-electron chi connectivity index (χ1n) is 6.90. The minimum Gasteiger partial charge on any atom is -0.507 e. The van der Waals surface area contributed by atoms with Gasteiger partial charge in [-0.05, 0) is 54.8 Å². The summed E-state index contributed by atoms with van der Waals surface area (Å²) in [6.07, 6.45) is -0.237. The fourth-order valence-electron chi connectivity index (χ4n) is 2.80. The fourth-order valence-corrected chi connectivity index (χ4v) is 3.14. The number of benzene rings is 2. The van der Waals surface area contributed by atoms with E-state index < -0.39 is 6.10 Å². The van der Waals surface area contributed by atoms with Gasteiger partial charge in [0.05, 0.1) is 6.10 Å². The number of halogens is 1. The van der Waals surface area contributed by atoms with Crippen LogP contribution in [0.2, 0.25) is 0 Å². The van der Waals surface area contributed by atoms with Crippen molar-refractivity contribution in [1.82, 2.24) is 0 Å². The molecule has 0 amide bonds. The van der Waals surface area contributed by atoms with Gasteiger partial charge in [0.2, 0.25) is 0 Å². The minimum atomic E-state index is -0.540. The topological polar surface area (TPSA) is 49.7 Å². The van der Waals surface area contributed by atoms with Gasteiger partial charge in [-0.3, -0.25) is 0 Å². The van der Waals surface area contributed by atoms with Crippen molar-refractivity contribution in [3.8, 4) is 11.5 Å². The molecule has 0 aromatic heterocycles. The predicted molar refractivity (Wildman–Crippen MR) is 84.7 cm³/mol. The summed E-state index contributed by atoms with van der Waals surface area (Å²) in [5, 5.41) is 20.2. The van der Waals surface area contributed by atoms with Crippen molar-refractivity contribution in [3.63, 3.8) is 0 Å². The highest BCUT2D eigenvalue weighted by molar-refractivity contribution is 9.10. The molecule has 3 nitrogen and oxygen atoms in total. The second-order valence-corrected chi connectivity index (χ2v) is 6.46. The monoisotopic (exact) mass is 348 g/mol. The molecule has 0 bridgehead atoms. The standard InChI is InChI=1S/C17H17BrO3/c1-9-5-11(6-10(2)17(9)20)15-8-14(19)13-4-3-12(18)7-16(13)21-15/h3-7,14-15,19-20H,8H2,1-2H3. The summed E-state index contributed by atoms with van der Waals surface area (Å²) in [5.41, 5.74) is 3.44. The SMILES string of the molecule is Cc1cc(C2CC(O)c3ccc(Br)cc3O2)cc(C)c1O. The van der Waals surface area contributed by atoms with Crippen LogP contribution in [0.3, 0.4) is 0 Å². The Hall–Kier alpha value is -1.52. The number of rotatable bonds is 1. The third kappa shape index (κ3) is 2.65. The van der Waals surface area contributed by atoms with Crippen LogP contribution in [0.5, 0.6) is 11.5 Å². The average molecular weight is 349 g/mol. The van der Waals surface area contributed by atoms with Crippen LogP contribution in [0, 0.1) is 13.8 Å². The zero-order chi connectivity index (χ0) is 15.1. The fraction of sp³-hybridized carbons (Fsp3) is 0.294. The van der Waals surface area contributed by atoms with Gasteiger partial charge in [-0.1, -0.05) is 22.0 Å². The van der Waals surface area contributed by atoms with Crippen LogP contribution < -0.4 is 4.74 Å². The maximum atomic E-state index is 10.3. The summed E-state index contributed by atoms with van der Waals surface area (Å²) < 4.78 is 6.97. The number of phenols is 1. The number of aliphatic hydroxyl groups is 1. The Kier molecular flexibility index (Phi) is 3.68. The largest absolute Gasteiger partial charge is 0.507 e. The van der Waals surface area contributed by atoms with E-state index >= 15 is 0 Å². The van der Waals surface area contributed by atoms with Gasteiger partial charge in [-0.15, -0.1) is 0 Å². The summed E-state index contributed by atoms with van der Waals surface area (Å²) in [4.78, 5) is 0. The van der Waals surface area contributed by atoms with Crippen molar-refractivity contribution < 1.29 is 14.9 Å². The Balaban J connectivity index is 1.99.